The molecule has 0 aromatic carbocycles. The van der Waals surface area contributed by atoms with Crippen LogP contribution in [0, 0.1) is 5.41 Å². The molecule has 0 bridgehead atoms. The van der Waals surface area contributed by atoms with Gasteiger partial charge in [-0.25, -0.2) is 4.79 Å². The summed E-state index contributed by atoms with van der Waals surface area (Å²) in [5.41, 5.74) is 0.336. The molecule has 0 saturated carbocycles. The van der Waals surface area contributed by atoms with Crippen LogP contribution in [0.25, 0.3) is 0 Å². The number of hydrogen-bond acceptors (Lipinski definition) is 1. The van der Waals surface area contributed by atoms with E-state index in [1.165, 1.54) is 6.08 Å². The SMILES string of the molecule is CCC(C)(C)CC/C=C/C(=O)O. The molecule has 0 heterocycles. The molecule has 0 aromatic rings. The third-order valence-corrected chi connectivity index (χ3v) is 2.21. The van der Waals surface area contributed by atoms with E-state index < -0.39 is 5.97 Å². The Morgan fingerprint density at radius 1 is 1.50 bits per heavy atom. The van der Waals surface area contributed by atoms with Crippen molar-refractivity contribution in [1.82, 2.24) is 0 Å². The predicted octanol–water partition coefficient (Wildman–Crippen LogP) is 2.84. The number of carboxylic acid groups (broad SMARTS) is 1. The van der Waals surface area contributed by atoms with E-state index in [9.17, 15) is 4.79 Å². The lowest BCUT2D eigenvalue weighted by atomic mass is 9.85. The minimum atomic E-state index is -0.857. The van der Waals surface area contributed by atoms with Crippen LogP contribution in [0.15, 0.2) is 12.2 Å². The highest BCUT2D eigenvalue weighted by Gasteiger charge is 2.12. The molecule has 2 heteroatoms. The normalized spacial score (nSPS) is 12.2. The molecule has 12 heavy (non-hydrogen) atoms. The smallest absolute Gasteiger partial charge is 0.327 e. The zero-order valence-corrected chi connectivity index (χ0v) is 8.13. The molecule has 0 aliphatic rings. The fraction of sp³-hybridized carbons (Fsp3) is 0.700. The molecule has 0 atom stereocenters. The number of rotatable bonds is 5. The Morgan fingerprint density at radius 2 is 2.08 bits per heavy atom. The summed E-state index contributed by atoms with van der Waals surface area (Å²) in [5.74, 6) is -0.857. The maximum absolute atomic E-state index is 10.1. The van der Waals surface area contributed by atoms with Crippen molar-refractivity contribution in [3.63, 3.8) is 0 Å². The predicted molar refractivity (Wildman–Crippen MR) is 50.1 cm³/mol. The first-order valence-corrected chi connectivity index (χ1v) is 4.37. The molecule has 0 aliphatic carbocycles. The summed E-state index contributed by atoms with van der Waals surface area (Å²) in [4.78, 5) is 10.1. The molecule has 0 fully saturated rings. The van der Waals surface area contributed by atoms with Crippen LogP contribution >= 0.6 is 0 Å². The topological polar surface area (TPSA) is 37.3 Å². The first-order valence-electron chi connectivity index (χ1n) is 4.37. The molecule has 0 aliphatic heterocycles. The fourth-order valence-electron chi connectivity index (χ4n) is 0.835. The largest absolute Gasteiger partial charge is 0.478 e. The summed E-state index contributed by atoms with van der Waals surface area (Å²) in [6, 6.07) is 0. The molecule has 2 nitrogen and oxygen atoms in total. The van der Waals surface area contributed by atoms with Crippen LogP contribution in [0.3, 0.4) is 0 Å². The Hall–Kier alpha value is -0.790. The average Bonchev–Trinajstić information content (AvgIpc) is 1.98. The fourth-order valence-corrected chi connectivity index (χ4v) is 0.835. The van der Waals surface area contributed by atoms with E-state index in [2.05, 4.69) is 20.8 Å². The van der Waals surface area contributed by atoms with Gasteiger partial charge in [0.1, 0.15) is 0 Å². The van der Waals surface area contributed by atoms with Gasteiger partial charge in [0.25, 0.3) is 0 Å². The summed E-state index contributed by atoms with van der Waals surface area (Å²) in [6.07, 6.45) is 5.97. The van der Waals surface area contributed by atoms with Gasteiger partial charge in [0, 0.05) is 6.08 Å². The van der Waals surface area contributed by atoms with Crippen LogP contribution in [0.4, 0.5) is 0 Å². The van der Waals surface area contributed by atoms with Crippen molar-refractivity contribution in [2.45, 2.75) is 40.0 Å². The van der Waals surface area contributed by atoms with Gasteiger partial charge in [0.05, 0.1) is 0 Å². The van der Waals surface area contributed by atoms with Crippen molar-refractivity contribution in [2.75, 3.05) is 0 Å². The van der Waals surface area contributed by atoms with Crippen molar-refractivity contribution in [1.29, 1.82) is 0 Å². The highest BCUT2D eigenvalue weighted by Crippen LogP contribution is 2.25. The van der Waals surface area contributed by atoms with Gasteiger partial charge in [-0.15, -0.1) is 0 Å². The third kappa shape index (κ3) is 5.96. The number of hydrogen-bond donors (Lipinski definition) is 1. The minimum absolute atomic E-state index is 0.336. The summed E-state index contributed by atoms with van der Waals surface area (Å²) in [7, 11) is 0. The monoisotopic (exact) mass is 170 g/mol. The number of allylic oxidation sites excluding steroid dienone is 1. The Bertz CT molecular complexity index is 169. The summed E-state index contributed by atoms with van der Waals surface area (Å²) >= 11 is 0. The number of aliphatic carboxylic acids is 1. The molecule has 0 spiro atoms. The molecule has 0 unspecified atom stereocenters. The molecule has 70 valence electrons. The second kappa shape index (κ2) is 4.96. The van der Waals surface area contributed by atoms with E-state index in [1.54, 1.807) is 6.08 Å². The van der Waals surface area contributed by atoms with Crippen LogP contribution in [0.1, 0.15) is 40.0 Å². The van der Waals surface area contributed by atoms with Crippen LogP contribution < -0.4 is 0 Å². The zero-order valence-electron chi connectivity index (χ0n) is 8.13. The highest BCUT2D eigenvalue weighted by molar-refractivity contribution is 5.79. The van der Waals surface area contributed by atoms with Gasteiger partial charge in [-0.1, -0.05) is 33.3 Å². The molecule has 0 amide bonds. The quantitative estimate of drug-likeness (QED) is 0.644. The number of carbonyl (C=O) groups is 1. The van der Waals surface area contributed by atoms with Crippen molar-refractivity contribution in [3.8, 4) is 0 Å². The minimum Gasteiger partial charge on any atom is -0.478 e. The van der Waals surface area contributed by atoms with E-state index in [-0.39, 0.29) is 0 Å². The Labute approximate surface area is 74.3 Å². The van der Waals surface area contributed by atoms with Gasteiger partial charge in [-0.3, -0.25) is 0 Å². The Kier molecular flexibility index (Phi) is 4.64. The average molecular weight is 170 g/mol. The third-order valence-electron chi connectivity index (χ3n) is 2.21. The molecule has 0 radical (unpaired) electrons. The van der Waals surface area contributed by atoms with Crippen molar-refractivity contribution >= 4 is 5.97 Å². The first kappa shape index (κ1) is 11.2. The van der Waals surface area contributed by atoms with E-state index >= 15 is 0 Å². The van der Waals surface area contributed by atoms with Crippen molar-refractivity contribution in [3.05, 3.63) is 12.2 Å². The summed E-state index contributed by atoms with van der Waals surface area (Å²) < 4.78 is 0. The van der Waals surface area contributed by atoms with Crippen LogP contribution in [0.5, 0.6) is 0 Å². The van der Waals surface area contributed by atoms with Crippen molar-refractivity contribution < 1.29 is 9.90 Å². The van der Waals surface area contributed by atoms with Crippen molar-refractivity contribution in [2.24, 2.45) is 5.41 Å². The number of carboxylic acids is 1. The second-order valence-corrected chi connectivity index (χ2v) is 3.80. The lowest BCUT2D eigenvalue weighted by Gasteiger charge is -2.21. The first-order chi connectivity index (χ1) is 5.48. The molecule has 1 N–H and O–H groups in total. The van der Waals surface area contributed by atoms with Gasteiger partial charge in [-0.2, -0.15) is 0 Å². The van der Waals surface area contributed by atoms with E-state index in [4.69, 9.17) is 5.11 Å². The van der Waals surface area contributed by atoms with Crippen LogP contribution in [-0.4, -0.2) is 11.1 Å². The second-order valence-electron chi connectivity index (χ2n) is 3.80. The molecular formula is C10H18O2. The lowest BCUT2D eigenvalue weighted by molar-refractivity contribution is -0.131. The van der Waals surface area contributed by atoms with Gasteiger partial charge in [-0.05, 0) is 18.3 Å². The highest BCUT2D eigenvalue weighted by atomic mass is 16.4. The standard InChI is InChI=1S/C10H18O2/c1-4-10(2,3)8-6-5-7-9(11)12/h5,7H,4,6,8H2,1-3H3,(H,11,12)/b7-5+. The summed E-state index contributed by atoms with van der Waals surface area (Å²) in [6.45, 7) is 6.55. The van der Waals surface area contributed by atoms with Gasteiger partial charge in [0.15, 0.2) is 0 Å². The van der Waals surface area contributed by atoms with Gasteiger partial charge >= 0.3 is 5.97 Å². The molecule has 0 saturated heterocycles. The van der Waals surface area contributed by atoms with Gasteiger partial charge < -0.3 is 5.11 Å². The maximum Gasteiger partial charge on any atom is 0.327 e. The van der Waals surface area contributed by atoms with Gasteiger partial charge in [0.2, 0.25) is 0 Å². The van der Waals surface area contributed by atoms with E-state index in [1.807, 2.05) is 0 Å². The van der Waals surface area contributed by atoms with E-state index in [0.717, 1.165) is 19.3 Å². The Morgan fingerprint density at radius 3 is 2.50 bits per heavy atom. The van der Waals surface area contributed by atoms with E-state index in [0.29, 0.717) is 5.41 Å². The van der Waals surface area contributed by atoms with Crippen LogP contribution in [0.2, 0.25) is 0 Å². The molecular weight excluding hydrogens is 152 g/mol. The van der Waals surface area contributed by atoms with Crippen LogP contribution in [-0.2, 0) is 4.79 Å². The lowest BCUT2D eigenvalue weighted by Crippen LogP contribution is -2.08. The summed E-state index contributed by atoms with van der Waals surface area (Å²) in [5, 5.41) is 8.31. The Balaban J connectivity index is 3.63. The zero-order chi connectivity index (χ0) is 9.61. The maximum atomic E-state index is 10.1. The molecule has 0 rings (SSSR count). The molecule has 0 aromatic heterocycles.